The van der Waals surface area contributed by atoms with Gasteiger partial charge in [0.1, 0.15) is 0 Å². The Labute approximate surface area is 203 Å². The molecule has 1 aliphatic heterocycles. The van der Waals surface area contributed by atoms with Gasteiger partial charge in [-0.05, 0) is 66.5 Å². The predicted molar refractivity (Wildman–Crippen MR) is 122 cm³/mol. The molecule has 11 heteroatoms. The van der Waals surface area contributed by atoms with E-state index in [4.69, 9.17) is 32.8 Å². The van der Waals surface area contributed by atoms with E-state index in [1.165, 1.54) is 24.3 Å². The molecular weight excluding hydrogens is 496 g/mol. The molecule has 0 fully saturated rings. The van der Waals surface area contributed by atoms with Gasteiger partial charge < -0.3 is 14.9 Å². The number of ether oxygens (including phenoxy) is 1. The Hall–Kier alpha value is -3.04. The van der Waals surface area contributed by atoms with Crippen LogP contribution in [0.25, 0.3) is 5.57 Å². The minimum atomic E-state index is -4.83. The van der Waals surface area contributed by atoms with Gasteiger partial charge in [-0.15, -0.1) is 0 Å². The van der Waals surface area contributed by atoms with E-state index in [2.05, 4.69) is 10.5 Å². The van der Waals surface area contributed by atoms with E-state index < -0.39 is 29.7 Å². The Morgan fingerprint density at radius 1 is 1.18 bits per heavy atom. The molecule has 0 aromatic heterocycles. The third-order valence-corrected chi connectivity index (χ3v) is 5.19. The van der Waals surface area contributed by atoms with E-state index in [0.717, 1.165) is 12.1 Å². The summed E-state index contributed by atoms with van der Waals surface area (Å²) in [4.78, 5) is 30.3. The molecule has 3 rings (SSSR count). The van der Waals surface area contributed by atoms with E-state index in [1.807, 2.05) is 0 Å². The van der Waals surface area contributed by atoms with Crippen LogP contribution < -0.4 is 5.32 Å². The van der Waals surface area contributed by atoms with Crippen LogP contribution in [0.2, 0.25) is 10.0 Å². The fourth-order valence-corrected chi connectivity index (χ4v) is 3.76. The van der Waals surface area contributed by atoms with Crippen molar-refractivity contribution in [3.63, 3.8) is 0 Å². The smallest absolute Gasteiger partial charge is 0.417 e. The van der Waals surface area contributed by atoms with Crippen LogP contribution in [0.5, 0.6) is 0 Å². The number of amides is 1. The van der Waals surface area contributed by atoms with Crippen LogP contribution in [-0.2, 0) is 9.57 Å². The number of oxime groups is 1. The average Bonchev–Trinajstić information content (AvgIpc) is 3.17. The summed E-state index contributed by atoms with van der Waals surface area (Å²) in [6.45, 7) is 3.76. The number of benzene rings is 2. The van der Waals surface area contributed by atoms with Crippen LogP contribution in [0.3, 0.4) is 0 Å². The first-order valence-corrected chi connectivity index (χ1v) is 10.8. The van der Waals surface area contributed by atoms with Gasteiger partial charge in [-0.25, -0.2) is 0 Å². The molecule has 0 bridgehead atoms. The number of ketones is 1. The lowest BCUT2D eigenvalue weighted by atomic mass is 9.98. The van der Waals surface area contributed by atoms with Gasteiger partial charge in [0.2, 0.25) is 12.1 Å². The zero-order valence-electron chi connectivity index (χ0n) is 18.0. The number of halogens is 5. The number of aryl methyl sites for hydroxylation is 1. The topological polar surface area (TPSA) is 77.0 Å². The first-order chi connectivity index (χ1) is 16.0. The molecule has 0 aliphatic carbocycles. The summed E-state index contributed by atoms with van der Waals surface area (Å²) in [5, 5.41) is 6.35. The molecule has 2 aromatic rings. The second kappa shape index (κ2) is 10.5. The van der Waals surface area contributed by atoms with Gasteiger partial charge in [0.15, 0.2) is 5.78 Å². The monoisotopic (exact) mass is 514 g/mol. The van der Waals surface area contributed by atoms with Crippen molar-refractivity contribution in [3.8, 4) is 0 Å². The highest BCUT2D eigenvalue weighted by molar-refractivity contribution is 6.35. The molecule has 2 aromatic carbocycles. The van der Waals surface area contributed by atoms with Crippen molar-refractivity contribution in [1.29, 1.82) is 0 Å². The van der Waals surface area contributed by atoms with Crippen LogP contribution in [0.15, 0.2) is 47.6 Å². The number of nitrogens with one attached hydrogen (secondary N) is 1. The Bertz CT molecular complexity index is 1160. The largest absolute Gasteiger partial charge is 0.479 e. The minimum absolute atomic E-state index is 0.00123. The summed E-state index contributed by atoms with van der Waals surface area (Å²) >= 11 is 11.7. The molecule has 0 radical (unpaired) electrons. The summed E-state index contributed by atoms with van der Waals surface area (Å²) in [5.74, 6) is -1.03. The molecule has 1 N–H and O–H groups in total. The fraction of sp³-hybridized carbons (Fsp3) is 0.261. The maximum Gasteiger partial charge on any atom is 0.417 e. The second-order valence-electron chi connectivity index (χ2n) is 7.30. The highest BCUT2D eigenvalue weighted by atomic mass is 35.5. The van der Waals surface area contributed by atoms with Crippen LogP contribution in [0, 0.1) is 6.92 Å². The van der Waals surface area contributed by atoms with Gasteiger partial charge in [0, 0.05) is 21.2 Å². The predicted octanol–water partition coefficient (Wildman–Crippen LogP) is 5.96. The number of hydrogen-bond acceptors (Lipinski definition) is 5. The summed E-state index contributed by atoms with van der Waals surface area (Å²) < 4.78 is 46.2. The van der Waals surface area contributed by atoms with E-state index >= 15 is 0 Å². The molecule has 1 atom stereocenters. The van der Waals surface area contributed by atoms with Gasteiger partial charge in [-0.2, -0.15) is 13.2 Å². The van der Waals surface area contributed by atoms with Crippen molar-refractivity contribution in [2.75, 3.05) is 6.61 Å². The Balaban J connectivity index is 1.80. The Morgan fingerprint density at radius 3 is 2.44 bits per heavy atom. The molecule has 180 valence electrons. The standard InChI is InChI=1S/C23H19Cl2F3N2O4/c1-3-33-21-11-20(34-30-21)29-22(32)17-5-4-13(6-12(17)2)19(31)10-18(23(26,27)28)14-7-15(24)9-16(25)8-14/h4-10,20H,3,11H2,1-2H3,(H,29,32)/b18-10+. The molecule has 0 saturated heterocycles. The van der Waals surface area contributed by atoms with Crippen LogP contribution >= 0.6 is 23.2 Å². The number of carbonyl (C=O) groups is 2. The van der Waals surface area contributed by atoms with Gasteiger partial charge in [-0.3, -0.25) is 9.59 Å². The maximum atomic E-state index is 13.7. The Kier molecular flexibility index (Phi) is 7.89. The summed E-state index contributed by atoms with van der Waals surface area (Å²) in [6, 6.07) is 7.40. The summed E-state index contributed by atoms with van der Waals surface area (Å²) in [7, 11) is 0. The first-order valence-electron chi connectivity index (χ1n) is 10.0. The van der Waals surface area contributed by atoms with Gasteiger partial charge in [-0.1, -0.05) is 29.3 Å². The van der Waals surface area contributed by atoms with E-state index in [9.17, 15) is 22.8 Å². The lowest BCUT2D eigenvalue weighted by Crippen LogP contribution is -2.35. The van der Waals surface area contributed by atoms with Gasteiger partial charge in [0.25, 0.3) is 5.91 Å². The van der Waals surface area contributed by atoms with Crippen molar-refractivity contribution in [1.82, 2.24) is 5.32 Å². The number of rotatable bonds is 6. The van der Waals surface area contributed by atoms with E-state index in [0.29, 0.717) is 24.1 Å². The second-order valence-corrected chi connectivity index (χ2v) is 8.17. The van der Waals surface area contributed by atoms with Crippen LogP contribution in [0.4, 0.5) is 13.2 Å². The third-order valence-electron chi connectivity index (χ3n) is 4.75. The summed E-state index contributed by atoms with van der Waals surface area (Å²) in [6.07, 6.45) is -4.80. The molecule has 1 amide bonds. The van der Waals surface area contributed by atoms with Crippen molar-refractivity contribution < 1.29 is 32.3 Å². The maximum absolute atomic E-state index is 13.7. The molecule has 0 saturated carbocycles. The van der Waals surface area contributed by atoms with Crippen molar-refractivity contribution in [2.45, 2.75) is 32.7 Å². The number of allylic oxidation sites excluding steroid dienone is 2. The van der Waals surface area contributed by atoms with Crippen molar-refractivity contribution >= 4 is 46.4 Å². The normalized spacial score (nSPS) is 16.0. The average molecular weight is 515 g/mol. The van der Waals surface area contributed by atoms with Crippen LogP contribution in [-0.4, -0.2) is 36.6 Å². The SMILES string of the molecule is CCOC1=NOC(NC(=O)c2ccc(C(=O)/C=C(\c3cc(Cl)cc(Cl)c3)C(F)(F)F)cc2C)C1. The summed E-state index contributed by atoms with van der Waals surface area (Å²) in [5.41, 5.74) is -0.934. The lowest BCUT2D eigenvalue weighted by Gasteiger charge is -2.14. The number of nitrogens with zero attached hydrogens (tertiary/aromatic N) is 1. The molecule has 1 unspecified atom stereocenters. The zero-order chi connectivity index (χ0) is 25.0. The minimum Gasteiger partial charge on any atom is -0.479 e. The van der Waals surface area contributed by atoms with Crippen molar-refractivity contribution in [3.05, 3.63) is 74.8 Å². The lowest BCUT2D eigenvalue weighted by molar-refractivity contribution is -0.0689. The molecule has 6 nitrogen and oxygen atoms in total. The third kappa shape index (κ3) is 6.30. The number of carbonyl (C=O) groups excluding carboxylic acids is 2. The van der Waals surface area contributed by atoms with E-state index in [-0.39, 0.29) is 33.2 Å². The molecule has 34 heavy (non-hydrogen) atoms. The van der Waals surface area contributed by atoms with Crippen molar-refractivity contribution in [2.24, 2.45) is 5.16 Å². The molecule has 1 heterocycles. The quantitative estimate of drug-likeness (QED) is 0.381. The Morgan fingerprint density at radius 2 is 1.85 bits per heavy atom. The van der Waals surface area contributed by atoms with Crippen LogP contribution in [0.1, 0.15) is 45.2 Å². The molecule has 1 aliphatic rings. The number of hydrogen-bond donors (Lipinski definition) is 1. The van der Waals surface area contributed by atoms with Gasteiger partial charge in [0.05, 0.1) is 18.6 Å². The molecular formula is C23H19Cl2F3N2O4. The fourth-order valence-electron chi connectivity index (χ4n) is 3.23. The zero-order valence-corrected chi connectivity index (χ0v) is 19.5. The highest BCUT2D eigenvalue weighted by Crippen LogP contribution is 2.36. The number of alkyl halides is 3. The molecule has 0 spiro atoms. The highest BCUT2D eigenvalue weighted by Gasteiger charge is 2.36. The first kappa shape index (κ1) is 25.6. The van der Waals surface area contributed by atoms with E-state index in [1.54, 1.807) is 13.8 Å². The van der Waals surface area contributed by atoms with Gasteiger partial charge >= 0.3 is 6.18 Å².